The van der Waals surface area contributed by atoms with Crippen LogP contribution >= 0.6 is 0 Å². The number of halogens is 1. The number of nitrogens with one attached hydrogen (secondary N) is 1. The van der Waals surface area contributed by atoms with Gasteiger partial charge in [0.15, 0.2) is 0 Å². The molecule has 0 bridgehead atoms. The molecule has 0 aliphatic heterocycles. The molecule has 0 spiro atoms. The lowest BCUT2D eigenvalue weighted by Crippen LogP contribution is -2.33. The van der Waals surface area contributed by atoms with Gasteiger partial charge in [-0.1, -0.05) is 42.5 Å². The van der Waals surface area contributed by atoms with Crippen LogP contribution in [-0.4, -0.2) is 17.1 Å². The topological polar surface area (TPSA) is 58.6 Å². The number of rotatable bonds is 7. The van der Waals surface area contributed by atoms with Gasteiger partial charge in [-0.3, -0.25) is 4.79 Å². The lowest BCUT2D eigenvalue weighted by molar-refractivity contribution is -0.139. The van der Waals surface area contributed by atoms with Crippen LogP contribution < -0.4 is 10.1 Å². The molecule has 3 aromatic carbocycles. The largest absolute Gasteiger partial charge is 0.489 e. The normalized spacial score (nSPS) is 12.1. The average molecular weight is 353 g/mol. The number of ether oxygens (including phenoxy) is 1. The molecular formula is C21H20FNO3. The van der Waals surface area contributed by atoms with Gasteiger partial charge in [-0.05, 0) is 41.5 Å². The molecule has 2 N–H and O–H groups in total. The second-order valence-corrected chi connectivity index (χ2v) is 6.12. The van der Waals surface area contributed by atoms with Crippen LogP contribution in [0.2, 0.25) is 0 Å². The Balaban J connectivity index is 1.86. The number of hydrogen-bond donors (Lipinski definition) is 2. The highest BCUT2D eigenvalue weighted by atomic mass is 19.1. The number of fused-ring (bicyclic) bond motifs is 1. The first kappa shape index (κ1) is 17.9. The zero-order valence-electron chi connectivity index (χ0n) is 14.4. The van der Waals surface area contributed by atoms with Gasteiger partial charge >= 0.3 is 5.97 Å². The molecule has 0 aliphatic carbocycles. The number of hydrogen-bond acceptors (Lipinski definition) is 3. The van der Waals surface area contributed by atoms with Crippen LogP contribution in [0.1, 0.15) is 18.1 Å². The minimum atomic E-state index is -0.904. The Morgan fingerprint density at radius 1 is 1.12 bits per heavy atom. The van der Waals surface area contributed by atoms with Crippen LogP contribution in [0.4, 0.5) is 4.39 Å². The maximum atomic E-state index is 13.0. The zero-order chi connectivity index (χ0) is 18.5. The second-order valence-electron chi connectivity index (χ2n) is 6.12. The molecule has 0 heterocycles. The molecule has 0 aliphatic rings. The Hall–Kier alpha value is -2.92. The van der Waals surface area contributed by atoms with E-state index in [1.54, 1.807) is 19.1 Å². The van der Waals surface area contributed by atoms with Crippen molar-refractivity contribution >= 4 is 16.7 Å². The van der Waals surface area contributed by atoms with E-state index >= 15 is 0 Å². The van der Waals surface area contributed by atoms with E-state index in [1.807, 2.05) is 36.4 Å². The predicted octanol–water partition coefficient (Wildman–Crippen LogP) is 4.12. The minimum Gasteiger partial charge on any atom is -0.489 e. The summed E-state index contributed by atoms with van der Waals surface area (Å²) in [6.45, 7) is 2.28. The highest BCUT2D eigenvalue weighted by Crippen LogP contribution is 2.29. The summed E-state index contributed by atoms with van der Waals surface area (Å²) in [4.78, 5) is 11.1. The number of aliphatic carboxylic acids is 1. The van der Waals surface area contributed by atoms with Gasteiger partial charge in [0.05, 0.1) is 0 Å². The quantitative estimate of drug-likeness (QED) is 0.671. The standard InChI is InChI=1S/C21H20FNO3/c1-14(21(24)25)23-12-19-18-5-3-2-4-16(18)8-11-20(19)26-13-15-6-9-17(22)10-7-15/h2-11,14,23H,12-13H2,1H3,(H,24,25). The number of carbonyl (C=O) groups is 1. The maximum absolute atomic E-state index is 13.0. The molecule has 1 unspecified atom stereocenters. The summed E-state index contributed by atoms with van der Waals surface area (Å²) in [7, 11) is 0. The molecule has 0 aromatic heterocycles. The molecule has 0 fully saturated rings. The van der Waals surface area contributed by atoms with Crippen LogP contribution in [-0.2, 0) is 17.9 Å². The fraction of sp³-hybridized carbons (Fsp3) is 0.190. The van der Waals surface area contributed by atoms with Crippen molar-refractivity contribution in [2.75, 3.05) is 0 Å². The van der Waals surface area contributed by atoms with Crippen molar-refractivity contribution in [3.63, 3.8) is 0 Å². The first-order valence-corrected chi connectivity index (χ1v) is 8.38. The Bertz CT molecular complexity index is 909. The molecule has 1 atom stereocenters. The van der Waals surface area contributed by atoms with E-state index in [9.17, 15) is 9.18 Å². The van der Waals surface area contributed by atoms with Crippen molar-refractivity contribution in [3.05, 3.63) is 77.6 Å². The van der Waals surface area contributed by atoms with Crippen LogP contribution in [0.15, 0.2) is 60.7 Å². The van der Waals surface area contributed by atoms with Crippen LogP contribution in [0.5, 0.6) is 5.75 Å². The van der Waals surface area contributed by atoms with Crippen molar-refractivity contribution in [1.29, 1.82) is 0 Å². The van der Waals surface area contributed by atoms with Gasteiger partial charge < -0.3 is 15.2 Å². The average Bonchev–Trinajstić information content (AvgIpc) is 2.65. The number of carboxylic acid groups (broad SMARTS) is 1. The Labute approximate surface area is 151 Å². The molecule has 0 radical (unpaired) electrons. The van der Waals surface area contributed by atoms with Gasteiger partial charge in [0.2, 0.25) is 0 Å². The van der Waals surface area contributed by atoms with Gasteiger partial charge in [0.1, 0.15) is 24.2 Å². The Morgan fingerprint density at radius 3 is 2.58 bits per heavy atom. The van der Waals surface area contributed by atoms with Gasteiger partial charge in [-0.15, -0.1) is 0 Å². The van der Waals surface area contributed by atoms with Crippen LogP contribution in [0, 0.1) is 5.82 Å². The van der Waals surface area contributed by atoms with Crippen molar-refractivity contribution in [2.24, 2.45) is 0 Å². The van der Waals surface area contributed by atoms with E-state index in [-0.39, 0.29) is 5.82 Å². The number of carboxylic acids is 1. The van der Waals surface area contributed by atoms with E-state index in [4.69, 9.17) is 9.84 Å². The summed E-state index contributed by atoms with van der Waals surface area (Å²) in [5, 5.41) is 14.2. The molecule has 0 saturated carbocycles. The molecule has 0 amide bonds. The van der Waals surface area contributed by atoms with Gasteiger partial charge in [0, 0.05) is 12.1 Å². The fourth-order valence-electron chi connectivity index (χ4n) is 2.72. The van der Waals surface area contributed by atoms with Crippen LogP contribution in [0.3, 0.4) is 0 Å². The van der Waals surface area contributed by atoms with Crippen molar-refractivity contribution in [2.45, 2.75) is 26.1 Å². The van der Waals surface area contributed by atoms with E-state index in [0.717, 1.165) is 21.9 Å². The molecule has 0 saturated heterocycles. The van der Waals surface area contributed by atoms with Crippen molar-refractivity contribution in [3.8, 4) is 5.75 Å². The van der Waals surface area contributed by atoms with E-state index < -0.39 is 12.0 Å². The fourth-order valence-corrected chi connectivity index (χ4v) is 2.72. The molecular weight excluding hydrogens is 333 g/mol. The molecule has 26 heavy (non-hydrogen) atoms. The van der Waals surface area contributed by atoms with Crippen molar-refractivity contribution in [1.82, 2.24) is 5.32 Å². The summed E-state index contributed by atoms with van der Waals surface area (Å²) in [6, 6.07) is 17.2. The predicted molar refractivity (Wildman–Crippen MR) is 98.6 cm³/mol. The van der Waals surface area contributed by atoms with E-state index in [0.29, 0.717) is 18.9 Å². The van der Waals surface area contributed by atoms with Gasteiger partial charge in [0.25, 0.3) is 0 Å². The van der Waals surface area contributed by atoms with Crippen LogP contribution in [0.25, 0.3) is 10.8 Å². The SMILES string of the molecule is CC(NCc1c(OCc2ccc(F)cc2)ccc2ccccc12)C(=O)O. The van der Waals surface area contributed by atoms with E-state index in [2.05, 4.69) is 5.32 Å². The second kappa shape index (κ2) is 7.97. The zero-order valence-corrected chi connectivity index (χ0v) is 14.4. The van der Waals surface area contributed by atoms with Gasteiger partial charge in [-0.25, -0.2) is 4.39 Å². The summed E-state index contributed by atoms with van der Waals surface area (Å²) >= 11 is 0. The minimum absolute atomic E-state index is 0.285. The molecule has 3 rings (SSSR count). The summed E-state index contributed by atoms with van der Waals surface area (Å²) in [5.41, 5.74) is 1.76. The maximum Gasteiger partial charge on any atom is 0.320 e. The third-order valence-corrected chi connectivity index (χ3v) is 4.26. The molecule has 3 aromatic rings. The molecule has 4 nitrogen and oxygen atoms in total. The monoisotopic (exact) mass is 353 g/mol. The number of benzene rings is 3. The third kappa shape index (κ3) is 4.18. The van der Waals surface area contributed by atoms with E-state index in [1.165, 1.54) is 12.1 Å². The lowest BCUT2D eigenvalue weighted by Gasteiger charge is -2.16. The third-order valence-electron chi connectivity index (χ3n) is 4.26. The molecule has 134 valence electrons. The smallest absolute Gasteiger partial charge is 0.320 e. The van der Waals surface area contributed by atoms with Crippen molar-refractivity contribution < 1.29 is 19.0 Å². The Morgan fingerprint density at radius 2 is 1.85 bits per heavy atom. The first-order valence-electron chi connectivity index (χ1n) is 8.38. The summed E-state index contributed by atoms with van der Waals surface area (Å²) in [6.07, 6.45) is 0. The highest BCUT2D eigenvalue weighted by molar-refractivity contribution is 5.87. The summed E-state index contributed by atoms with van der Waals surface area (Å²) in [5.74, 6) is -0.510. The first-order chi connectivity index (χ1) is 12.5. The molecule has 5 heteroatoms. The lowest BCUT2D eigenvalue weighted by atomic mass is 10.0. The van der Waals surface area contributed by atoms with Gasteiger partial charge in [-0.2, -0.15) is 0 Å². The summed E-state index contributed by atoms with van der Waals surface area (Å²) < 4.78 is 19.0. The highest BCUT2D eigenvalue weighted by Gasteiger charge is 2.14. The Kier molecular flexibility index (Phi) is 5.49.